The molecule has 17 heavy (non-hydrogen) atoms. The Hall–Kier alpha value is -1.06. The molecule has 0 aromatic rings. The van der Waals surface area contributed by atoms with Crippen molar-refractivity contribution >= 4 is 11.9 Å². The van der Waals surface area contributed by atoms with Crippen molar-refractivity contribution in [1.82, 2.24) is 5.32 Å². The molecular formula is C13H25NO3. The van der Waals surface area contributed by atoms with Gasteiger partial charge < -0.3 is 10.4 Å². The van der Waals surface area contributed by atoms with Gasteiger partial charge in [-0.05, 0) is 19.3 Å². The minimum absolute atomic E-state index is 0.0848. The SMILES string of the molecule is CCCCCNC(=O)CC(CC)(CC)C(=O)O. The molecular weight excluding hydrogens is 218 g/mol. The molecule has 0 saturated carbocycles. The topological polar surface area (TPSA) is 66.4 Å². The molecule has 4 nitrogen and oxygen atoms in total. The number of amides is 1. The third-order valence-corrected chi connectivity index (χ3v) is 3.41. The van der Waals surface area contributed by atoms with Crippen molar-refractivity contribution in [3.05, 3.63) is 0 Å². The number of hydrogen-bond acceptors (Lipinski definition) is 2. The summed E-state index contributed by atoms with van der Waals surface area (Å²) < 4.78 is 0. The highest BCUT2D eigenvalue weighted by molar-refractivity contribution is 5.84. The number of rotatable bonds is 9. The predicted molar refractivity (Wildman–Crippen MR) is 67.8 cm³/mol. The standard InChI is InChI=1S/C13H25NO3/c1-4-7-8-9-14-11(15)10-13(5-2,6-3)12(16)17/h4-10H2,1-3H3,(H,14,15)(H,16,17). The third kappa shape index (κ3) is 5.20. The first-order valence-corrected chi connectivity index (χ1v) is 6.52. The van der Waals surface area contributed by atoms with E-state index >= 15 is 0 Å². The molecule has 0 atom stereocenters. The first-order chi connectivity index (χ1) is 8.02. The van der Waals surface area contributed by atoms with Gasteiger partial charge in [0, 0.05) is 13.0 Å². The van der Waals surface area contributed by atoms with Crippen LogP contribution in [-0.2, 0) is 9.59 Å². The average molecular weight is 243 g/mol. The minimum Gasteiger partial charge on any atom is -0.481 e. The molecule has 1 amide bonds. The second-order valence-electron chi connectivity index (χ2n) is 4.53. The van der Waals surface area contributed by atoms with E-state index in [1.807, 2.05) is 13.8 Å². The van der Waals surface area contributed by atoms with Gasteiger partial charge in [-0.25, -0.2) is 0 Å². The molecule has 0 radical (unpaired) electrons. The highest BCUT2D eigenvalue weighted by Gasteiger charge is 2.36. The minimum atomic E-state index is -0.894. The number of unbranched alkanes of at least 4 members (excludes halogenated alkanes) is 2. The van der Waals surface area contributed by atoms with Crippen LogP contribution in [0.5, 0.6) is 0 Å². The summed E-state index contributed by atoms with van der Waals surface area (Å²) in [6.45, 7) is 6.39. The second kappa shape index (κ2) is 8.09. The van der Waals surface area contributed by atoms with E-state index < -0.39 is 11.4 Å². The summed E-state index contributed by atoms with van der Waals surface area (Å²) in [5.74, 6) is -1.02. The summed E-state index contributed by atoms with van der Waals surface area (Å²) >= 11 is 0. The summed E-state index contributed by atoms with van der Waals surface area (Å²) in [4.78, 5) is 22.9. The van der Waals surface area contributed by atoms with Gasteiger partial charge in [0.2, 0.25) is 5.91 Å². The molecule has 0 heterocycles. The van der Waals surface area contributed by atoms with Crippen molar-refractivity contribution in [2.75, 3.05) is 6.54 Å². The van der Waals surface area contributed by atoms with Gasteiger partial charge in [-0.15, -0.1) is 0 Å². The van der Waals surface area contributed by atoms with Gasteiger partial charge in [0.05, 0.1) is 5.41 Å². The smallest absolute Gasteiger partial charge is 0.310 e. The molecule has 0 aromatic heterocycles. The van der Waals surface area contributed by atoms with Crippen LogP contribution in [0, 0.1) is 5.41 Å². The quantitative estimate of drug-likeness (QED) is 0.612. The fourth-order valence-electron chi connectivity index (χ4n) is 1.85. The predicted octanol–water partition coefficient (Wildman–Crippen LogP) is 2.57. The van der Waals surface area contributed by atoms with Crippen molar-refractivity contribution < 1.29 is 14.7 Å². The Morgan fingerprint density at radius 2 is 1.71 bits per heavy atom. The fourth-order valence-corrected chi connectivity index (χ4v) is 1.85. The number of nitrogens with one attached hydrogen (secondary N) is 1. The molecule has 0 aliphatic heterocycles. The maximum absolute atomic E-state index is 11.7. The summed E-state index contributed by atoms with van der Waals surface area (Å²) in [6, 6.07) is 0. The number of carbonyl (C=O) groups is 2. The van der Waals surface area contributed by atoms with Crippen molar-refractivity contribution in [2.24, 2.45) is 5.41 Å². The molecule has 4 heteroatoms. The van der Waals surface area contributed by atoms with E-state index in [2.05, 4.69) is 12.2 Å². The molecule has 0 aliphatic rings. The van der Waals surface area contributed by atoms with Gasteiger partial charge in [-0.3, -0.25) is 9.59 Å². The van der Waals surface area contributed by atoms with Crippen LogP contribution in [-0.4, -0.2) is 23.5 Å². The summed E-state index contributed by atoms with van der Waals surface area (Å²) in [5, 5.41) is 12.0. The van der Waals surface area contributed by atoms with E-state index in [1.165, 1.54) is 0 Å². The van der Waals surface area contributed by atoms with Crippen LogP contribution in [0.15, 0.2) is 0 Å². The highest BCUT2D eigenvalue weighted by Crippen LogP contribution is 2.30. The van der Waals surface area contributed by atoms with Crippen molar-refractivity contribution in [3.8, 4) is 0 Å². The summed E-state index contributed by atoms with van der Waals surface area (Å²) in [5.41, 5.74) is -0.894. The maximum atomic E-state index is 11.7. The van der Waals surface area contributed by atoms with Crippen molar-refractivity contribution in [3.63, 3.8) is 0 Å². The van der Waals surface area contributed by atoms with Gasteiger partial charge in [0.1, 0.15) is 0 Å². The molecule has 0 spiro atoms. The van der Waals surface area contributed by atoms with Gasteiger partial charge >= 0.3 is 5.97 Å². The first-order valence-electron chi connectivity index (χ1n) is 6.52. The Morgan fingerprint density at radius 1 is 1.12 bits per heavy atom. The zero-order chi connectivity index (χ0) is 13.3. The van der Waals surface area contributed by atoms with E-state index in [1.54, 1.807) is 0 Å². The van der Waals surface area contributed by atoms with Crippen LogP contribution in [0.2, 0.25) is 0 Å². The zero-order valence-corrected chi connectivity index (χ0v) is 11.2. The molecule has 0 fully saturated rings. The van der Waals surface area contributed by atoms with Crippen LogP contribution in [0.3, 0.4) is 0 Å². The molecule has 0 aliphatic carbocycles. The van der Waals surface area contributed by atoms with Gasteiger partial charge in [0.25, 0.3) is 0 Å². The lowest BCUT2D eigenvalue weighted by Gasteiger charge is -2.25. The van der Waals surface area contributed by atoms with Crippen LogP contribution in [0.1, 0.15) is 59.3 Å². The molecule has 2 N–H and O–H groups in total. The Balaban J connectivity index is 4.18. The van der Waals surface area contributed by atoms with E-state index in [0.717, 1.165) is 19.3 Å². The van der Waals surface area contributed by atoms with Crippen LogP contribution in [0.4, 0.5) is 0 Å². The summed E-state index contributed by atoms with van der Waals surface area (Å²) in [7, 11) is 0. The van der Waals surface area contributed by atoms with E-state index in [0.29, 0.717) is 19.4 Å². The molecule has 0 bridgehead atoms. The number of carboxylic acid groups (broad SMARTS) is 1. The third-order valence-electron chi connectivity index (χ3n) is 3.41. The summed E-state index contributed by atoms with van der Waals surface area (Å²) in [6.07, 6.45) is 4.22. The van der Waals surface area contributed by atoms with Crippen molar-refractivity contribution in [2.45, 2.75) is 59.3 Å². The molecule has 0 rings (SSSR count). The van der Waals surface area contributed by atoms with Gasteiger partial charge in [-0.1, -0.05) is 33.6 Å². The number of aliphatic carboxylic acids is 1. The second-order valence-corrected chi connectivity index (χ2v) is 4.53. The first kappa shape index (κ1) is 15.9. The van der Waals surface area contributed by atoms with E-state index in [-0.39, 0.29) is 12.3 Å². The van der Waals surface area contributed by atoms with Crippen LogP contribution in [0.25, 0.3) is 0 Å². The largest absolute Gasteiger partial charge is 0.481 e. The Kier molecular flexibility index (Phi) is 7.59. The number of carboxylic acids is 1. The Bertz CT molecular complexity index is 247. The normalized spacial score (nSPS) is 11.2. The lowest BCUT2D eigenvalue weighted by molar-refractivity contribution is -0.152. The van der Waals surface area contributed by atoms with E-state index in [9.17, 15) is 14.7 Å². The molecule has 100 valence electrons. The zero-order valence-electron chi connectivity index (χ0n) is 11.2. The fraction of sp³-hybridized carbons (Fsp3) is 0.846. The lowest BCUT2D eigenvalue weighted by Crippen LogP contribution is -2.37. The Morgan fingerprint density at radius 3 is 2.12 bits per heavy atom. The van der Waals surface area contributed by atoms with Crippen molar-refractivity contribution in [1.29, 1.82) is 0 Å². The van der Waals surface area contributed by atoms with Crippen LogP contribution < -0.4 is 5.32 Å². The molecule has 0 aromatic carbocycles. The number of hydrogen-bond donors (Lipinski definition) is 2. The molecule has 0 saturated heterocycles. The average Bonchev–Trinajstić information content (AvgIpc) is 2.31. The van der Waals surface area contributed by atoms with E-state index in [4.69, 9.17) is 0 Å². The number of carbonyl (C=O) groups excluding carboxylic acids is 1. The molecule has 0 unspecified atom stereocenters. The van der Waals surface area contributed by atoms with Crippen LogP contribution >= 0.6 is 0 Å². The van der Waals surface area contributed by atoms with Gasteiger partial charge in [-0.2, -0.15) is 0 Å². The Labute approximate surface area is 104 Å². The highest BCUT2D eigenvalue weighted by atomic mass is 16.4. The lowest BCUT2D eigenvalue weighted by atomic mass is 9.79. The van der Waals surface area contributed by atoms with Gasteiger partial charge in [0.15, 0.2) is 0 Å². The monoisotopic (exact) mass is 243 g/mol. The maximum Gasteiger partial charge on any atom is 0.310 e.